The van der Waals surface area contributed by atoms with Crippen molar-refractivity contribution >= 4 is 23.2 Å². The molecule has 4 heteroatoms. The molecule has 1 aromatic rings. The van der Waals surface area contributed by atoms with Gasteiger partial charge in [0, 0.05) is 5.02 Å². The minimum atomic E-state index is 0.0469. The van der Waals surface area contributed by atoms with Crippen molar-refractivity contribution in [2.75, 3.05) is 11.6 Å². The topological polar surface area (TPSA) is 32.3 Å². The lowest BCUT2D eigenvalue weighted by atomic mass is 10.2. The fraction of sp³-hybridized carbons (Fsp3) is 0.300. The molecular weight excluding hydrogens is 200 g/mol. The minimum absolute atomic E-state index is 0.0469. The Bertz CT molecular complexity index is 350. The SMILES string of the molecule is C[C@@H]1CN(c2ccc(Cl)cc2)NC1=O. The van der Waals surface area contributed by atoms with Gasteiger partial charge >= 0.3 is 0 Å². The Labute approximate surface area is 87.6 Å². The highest BCUT2D eigenvalue weighted by Gasteiger charge is 2.26. The van der Waals surface area contributed by atoms with Gasteiger partial charge in [0.1, 0.15) is 0 Å². The van der Waals surface area contributed by atoms with E-state index in [2.05, 4.69) is 5.43 Å². The molecule has 0 aliphatic carbocycles. The van der Waals surface area contributed by atoms with E-state index in [1.54, 1.807) is 0 Å². The number of benzene rings is 1. The monoisotopic (exact) mass is 210 g/mol. The van der Waals surface area contributed by atoms with Gasteiger partial charge in [-0.1, -0.05) is 18.5 Å². The first-order valence-corrected chi connectivity index (χ1v) is 4.88. The summed E-state index contributed by atoms with van der Waals surface area (Å²) in [6.45, 7) is 2.62. The van der Waals surface area contributed by atoms with Crippen LogP contribution in [0, 0.1) is 5.92 Å². The Morgan fingerprint density at radius 3 is 2.57 bits per heavy atom. The van der Waals surface area contributed by atoms with E-state index in [1.807, 2.05) is 36.2 Å². The lowest BCUT2D eigenvalue weighted by molar-refractivity contribution is -0.121. The zero-order valence-electron chi connectivity index (χ0n) is 7.83. The van der Waals surface area contributed by atoms with E-state index in [-0.39, 0.29) is 11.8 Å². The average molecular weight is 211 g/mol. The fourth-order valence-corrected chi connectivity index (χ4v) is 1.56. The number of nitrogens with zero attached hydrogens (tertiary/aromatic N) is 1. The smallest absolute Gasteiger partial charge is 0.243 e. The molecule has 1 heterocycles. The van der Waals surface area contributed by atoms with Crippen LogP contribution in [-0.4, -0.2) is 12.5 Å². The molecule has 1 fully saturated rings. The molecule has 2 rings (SSSR count). The van der Waals surface area contributed by atoms with Crippen molar-refractivity contribution in [1.29, 1.82) is 0 Å². The quantitative estimate of drug-likeness (QED) is 0.767. The number of nitrogens with one attached hydrogen (secondary N) is 1. The van der Waals surface area contributed by atoms with Gasteiger partial charge in [-0.05, 0) is 24.3 Å². The molecule has 1 aromatic carbocycles. The zero-order chi connectivity index (χ0) is 10.1. The molecule has 0 aromatic heterocycles. The van der Waals surface area contributed by atoms with Crippen LogP contribution in [0.4, 0.5) is 5.69 Å². The van der Waals surface area contributed by atoms with E-state index in [0.717, 1.165) is 5.69 Å². The van der Waals surface area contributed by atoms with Crippen molar-refractivity contribution in [3.8, 4) is 0 Å². The predicted octanol–water partition coefficient (Wildman–Crippen LogP) is 1.83. The normalized spacial score (nSPS) is 21.1. The highest BCUT2D eigenvalue weighted by Crippen LogP contribution is 2.20. The highest BCUT2D eigenvalue weighted by molar-refractivity contribution is 6.30. The summed E-state index contributed by atoms with van der Waals surface area (Å²) in [4.78, 5) is 11.2. The van der Waals surface area contributed by atoms with Crippen LogP contribution in [0.2, 0.25) is 5.02 Å². The summed E-state index contributed by atoms with van der Waals surface area (Å²) in [5.74, 6) is 0.116. The van der Waals surface area contributed by atoms with Crippen LogP contribution in [0.5, 0.6) is 0 Å². The zero-order valence-corrected chi connectivity index (χ0v) is 8.58. The number of halogens is 1. The van der Waals surface area contributed by atoms with Gasteiger partial charge in [-0.3, -0.25) is 15.2 Å². The van der Waals surface area contributed by atoms with E-state index in [0.29, 0.717) is 11.6 Å². The number of hydrogen-bond donors (Lipinski definition) is 1. The van der Waals surface area contributed by atoms with Crippen molar-refractivity contribution in [3.63, 3.8) is 0 Å². The van der Waals surface area contributed by atoms with Crippen LogP contribution in [0.3, 0.4) is 0 Å². The molecule has 74 valence electrons. The van der Waals surface area contributed by atoms with E-state index >= 15 is 0 Å². The van der Waals surface area contributed by atoms with Gasteiger partial charge in [0.25, 0.3) is 0 Å². The standard InChI is InChI=1S/C10H11ClN2O/c1-7-6-13(12-10(7)14)9-4-2-8(11)3-5-9/h2-5,7H,6H2,1H3,(H,12,14)/t7-/m1/s1. The maximum absolute atomic E-state index is 11.2. The van der Waals surface area contributed by atoms with Crippen LogP contribution in [0.1, 0.15) is 6.92 Å². The first-order valence-electron chi connectivity index (χ1n) is 4.50. The molecule has 0 unspecified atom stereocenters. The molecule has 0 saturated carbocycles. The highest BCUT2D eigenvalue weighted by atomic mass is 35.5. The van der Waals surface area contributed by atoms with Crippen molar-refractivity contribution in [2.24, 2.45) is 5.92 Å². The van der Waals surface area contributed by atoms with Gasteiger partial charge in [-0.15, -0.1) is 0 Å². The van der Waals surface area contributed by atoms with Gasteiger partial charge in [0.15, 0.2) is 0 Å². The van der Waals surface area contributed by atoms with Crippen LogP contribution in [0.25, 0.3) is 0 Å². The molecule has 1 N–H and O–H groups in total. The van der Waals surface area contributed by atoms with Gasteiger partial charge in [0.2, 0.25) is 5.91 Å². The first-order chi connectivity index (χ1) is 6.66. The van der Waals surface area contributed by atoms with Crippen LogP contribution in [0.15, 0.2) is 24.3 Å². The van der Waals surface area contributed by atoms with Crippen molar-refractivity contribution in [1.82, 2.24) is 5.43 Å². The predicted molar refractivity (Wildman–Crippen MR) is 56.1 cm³/mol. The maximum Gasteiger partial charge on any atom is 0.243 e. The molecule has 3 nitrogen and oxygen atoms in total. The molecule has 1 atom stereocenters. The maximum atomic E-state index is 11.2. The number of hydrogen-bond acceptors (Lipinski definition) is 2. The second-order valence-corrected chi connectivity index (χ2v) is 3.90. The molecule has 0 spiro atoms. The summed E-state index contributed by atoms with van der Waals surface area (Å²) in [5, 5.41) is 2.54. The number of anilines is 1. The van der Waals surface area contributed by atoms with E-state index in [4.69, 9.17) is 11.6 Å². The van der Waals surface area contributed by atoms with E-state index < -0.39 is 0 Å². The summed E-state index contributed by atoms with van der Waals surface area (Å²) in [5.41, 5.74) is 3.76. The molecule has 14 heavy (non-hydrogen) atoms. The Morgan fingerprint density at radius 1 is 1.43 bits per heavy atom. The largest absolute Gasteiger partial charge is 0.285 e. The molecule has 1 aliphatic heterocycles. The number of hydrazine groups is 1. The number of amides is 1. The minimum Gasteiger partial charge on any atom is -0.285 e. The summed E-state index contributed by atoms with van der Waals surface area (Å²) >= 11 is 5.77. The number of carbonyl (C=O) groups excluding carboxylic acids is 1. The van der Waals surface area contributed by atoms with Crippen molar-refractivity contribution in [3.05, 3.63) is 29.3 Å². The molecule has 1 saturated heterocycles. The Hall–Kier alpha value is -1.22. The summed E-state index contributed by atoms with van der Waals surface area (Å²) in [7, 11) is 0. The number of carbonyl (C=O) groups is 1. The fourth-order valence-electron chi connectivity index (χ4n) is 1.44. The first kappa shape index (κ1) is 9.34. The summed E-state index contributed by atoms with van der Waals surface area (Å²) in [6.07, 6.45) is 0. The van der Waals surface area contributed by atoms with Gasteiger partial charge < -0.3 is 0 Å². The number of rotatable bonds is 1. The summed E-state index contributed by atoms with van der Waals surface area (Å²) in [6, 6.07) is 7.40. The second-order valence-electron chi connectivity index (χ2n) is 3.46. The molecule has 1 amide bonds. The lowest BCUT2D eigenvalue weighted by Crippen LogP contribution is -2.32. The van der Waals surface area contributed by atoms with Gasteiger partial charge in [-0.25, -0.2) is 0 Å². The summed E-state index contributed by atoms with van der Waals surface area (Å²) < 4.78 is 0. The third kappa shape index (κ3) is 1.68. The van der Waals surface area contributed by atoms with E-state index in [1.165, 1.54) is 0 Å². The molecule has 0 radical (unpaired) electrons. The Kier molecular flexibility index (Phi) is 2.33. The van der Waals surface area contributed by atoms with Crippen molar-refractivity contribution in [2.45, 2.75) is 6.92 Å². The van der Waals surface area contributed by atoms with Gasteiger partial charge in [-0.2, -0.15) is 0 Å². The van der Waals surface area contributed by atoms with Crippen molar-refractivity contribution < 1.29 is 4.79 Å². The third-order valence-electron chi connectivity index (χ3n) is 2.29. The average Bonchev–Trinajstić information content (AvgIpc) is 2.48. The van der Waals surface area contributed by atoms with E-state index in [9.17, 15) is 4.79 Å². The van der Waals surface area contributed by atoms with Crippen LogP contribution in [-0.2, 0) is 4.79 Å². The molecular formula is C10H11ClN2O. The molecule has 0 bridgehead atoms. The van der Waals surface area contributed by atoms with Crippen LogP contribution < -0.4 is 10.4 Å². The Morgan fingerprint density at radius 2 is 2.07 bits per heavy atom. The lowest BCUT2D eigenvalue weighted by Gasteiger charge is -2.17. The van der Waals surface area contributed by atoms with Gasteiger partial charge in [0.05, 0.1) is 18.2 Å². The van der Waals surface area contributed by atoms with Crippen LogP contribution >= 0.6 is 11.6 Å². The Balaban J connectivity index is 2.17. The third-order valence-corrected chi connectivity index (χ3v) is 2.54. The second kappa shape index (κ2) is 3.50. The molecule has 1 aliphatic rings.